The number of H-pyrrole nitrogens is 1. The van der Waals surface area contributed by atoms with Gasteiger partial charge in [-0.15, -0.1) is 0 Å². The van der Waals surface area contributed by atoms with Gasteiger partial charge in [0.25, 0.3) is 17.4 Å². The first kappa shape index (κ1) is 21.8. The van der Waals surface area contributed by atoms with Crippen molar-refractivity contribution in [2.24, 2.45) is 5.10 Å². The maximum atomic E-state index is 13.2. The highest BCUT2D eigenvalue weighted by atomic mass is 16.7. The molecular formula is C25H19N5O5. The Balaban J connectivity index is 1.44. The van der Waals surface area contributed by atoms with Gasteiger partial charge in [-0.2, -0.15) is 10.2 Å². The monoisotopic (exact) mass is 469 g/mol. The molecule has 0 fully saturated rings. The van der Waals surface area contributed by atoms with Crippen LogP contribution in [0.1, 0.15) is 27.7 Å². The van der Waals surface area contributed by atoms with E-state index in [2.05, 4.69) is 26.0 Å². The molecule has 4 aromatic rings. The number of hydrazone groups is 1. The fraction of sp³-hybridized carbons (Fsp3) is 0.0800. The van der Waals surface area contributed by atoms with Crippen molar-refractivity contribution in [3.8, 4) is 11.5 Å². The van der Waals surface area contributed by atoms with Crippen LogP contribution in [0.4, 0.5) is 0 Å². The van der Waals surface area contributed by atoms with Crippen LogP contribution in [-0.4, -0.2) is 35.0 Å². The summed E-state index contributed by atoms with van der Waals surface area (Å²) in [4.78, 5) is 38.3. The quantitative estimate of drug-likeness (QED) is 0.293. The van der Waals surface area contributed by atoms with Crippen LogP contribution in [0.2, 0.25) is 0 Å². The molecule has 35 heavy (non-hydrogen) atoms. The Kier molecular flexibility index (Phi) is 5.91. The van der Waals surface area contributed by atoms with Gasteiger partial charge in [-0.05, 0) is 42.0 Å². The summed E-state index contributed by atoms with van der Waals surface area (Å²) in [6, 6.07) is 19.2. The second-order valence-corrected chi connectivity index (χ2v) is 7.60. The van der Waals surface area contributed by atoms with Crippen LogP contribution in [0.15, 0.2) is 82.7 Å². The number of amides is 2. The number of fused-ring (bicyclic) bond motifs is 2. The minimum absolute atomic E-state index is 0.148. The number of ether oxygens (including phenoxy) is 2. The molecule has 0 saturated carbocycles. The minimum atomic E-state index is -1.24. The molecule has 0 bridgehead atoms. The highest BCUT2D eigenvalue weighted by Gasteiger charge is 2.27. The van der Waals surface area contributed by atoms with E-state index in [1.807, 2.05) is 0 Å². The molecule has 3 N–H and O–H groups in total. The van der Waals surface area contributed by atoms with Gasteiger partial charge in [0.1, 0.15) is 5.69 Å². The van der Waals surface area contributed by atoms with Crippen molar-refractivity contribution in [3.63, 3.8) is 0 Å². The smallest absolute Gasteiger partial charge is 0.272 e. The lowest BCUT2D eigenvalue weighted by Crippen LogP contribution is -2.40. The largest absolute Gasteiger partial charge is 0.454 e. The van der Waals surface area contributed by atoms with Crippen LogP contribution in [0.5, 0.6) is 11.5 Å². The number of hydrogen-bond acceptors (Lipinski definition) is 7. The zero-order valence-electron chi connectivity index (χ0n) is 18.2. The van der Waals surface area contributed by atoms with Crippen molar-refractivity contribution in [2.45, 2.75) is 6.04 Å². The van der Waals surface area contributed by atoms with Crippen molar-refractivity contribution < 1.29 is 19.1 Å². The standard InChI is InChI=1S/C25H19N5O5/c31-23(16-6-2-1-3-7-16)27-22(21-17-8-4-5-9-18(17)24(32)30-28-21)25(33)29-26-13-15-10-11-19-20(12-15)35-14-34-19/h1-13,22H,14H2,(H,27,31)(H,29,33)(H,30,32). The molecule has 2 amide bonds. The van der Waals surface area contributed by atoms with E-state index in [0.29, 0.717) is 33.4 Å². The zero-order chi connectivity index (χ0) is 24.2. The predicted octanol–water partition coefficient (Wildman–Crippen LogP) is 2.27. The van der Waals surface area contributed by atoms with Crippen LogP contribution < -0.4 is 25.8 Å². The SMILES string of the molecule is O=C(NC(C(=O)NN=Cc1ccc2c(c1)OCO2)c1n[nH]c(=O)c2ccccc12)c1ccccc1. The van der Waals surface area contributed by atoms with Crippen molar-refractivity contribution in [1.29, 1.82) is 0 Å². The summed E-state index contributed by atoms with van der Waals surface area (Å²) in [5.41, 5.74) is 3.26. The first-order valence-electron chi connectivity index (χ1n) is 10.7. The maximum Gasteiger partial charge on any atom is 0.272 e. The first-order valence-corrected chi connectivity index (χ1v) is 10.7. The first-order chi connectivity index (χ1) is 17.1. The number of benzene rings is 3. The van der Waals surface area contributed by atoms with E-state index in [4.69, 9.17) is 9.47 Å². The third kappa shape index (κ3) is 4.58. The van der Waals surface area contributed by atoms with Gasteiger partial charge >= 0.3 is 0 Å². The predicted molar refractivity (Wildman–Crippen MR) is 127 cm³/mol. The Hall–Kier alpha value is -4.99. The molecular weight excluding hydrogens is 450 g/mol. The highest BCUT2D eigenvalue weighted by molar-refractivity contribution is 5.99. The van der Waals surface area contributed by atoms with Gasteiger partial charge in [0, 0.05) is 10.9 Å². The molecule has 10 heteroatoms. The van der Waals surface area contributed by atoms with E-state index in [1.54, 1.807) is 72.8 Å². The summed E-state index contributed by atoms with van der Waals surface area (Å²) >= 11 is 0. The number of hydrogen-bond donors (Lipinski definition) is 3. The van der Waals surface area contributed by atoms with E-state index < -0.39 is 23.4 Å². The van der Waals surface area contributed by atoms with Crippen molar-refractivity contribution in [2.75, 3.05) is 6.79 Å². The van der Waals surface area contributed by atoms with Crippen molar-refractivity contribution in [3.05, 3.63) is 100.0 Å². The number of carbonyl (C=O) groups excluding carboxylic acids is 2. The van der Waals surface area contributed by atoms with Crippen LogP contribution in [0, 0.1) is 0 Å². The van der Waals surface area contributed by atoms with Crippen LogP contribution >= 0.6 is 0 Å². The topological polar surface area (TPSA) is 135 Å². The van der Waals surface area contributed by atoms with Gasteiger partial charge in [0.05, 0.1) is 11.6 Å². The highest BCUT2D eigenvalue weighted by Crippen LogP contribution is 2.32. The molecule has 1 aliphatic rings. The molecule has 0 aliphatic carbocycles. The number of carbonyl (C=O) groups is 2. The van der Waals surface area contributed by atoms with E-state index in [-0.39, 0.29) is 12.5 Å². The number of aromatic amines is 1. The normalized spacial score (nSPS) is 13.0. The summed E-state index contributed by atoms with van der Waals surface area (Å²) in [6.07, 6.45) is 1.44. The third-order valence-corrected chi connectivity index (χ3v) is 5.36. The fourth-order valence-electron chi connectivity index (χ4n) is 3.65. The summed E-state index contributed by atoms with van der Waals surface area (Å²) < 4.78 is 10.6. The molecule has 10 nitrogen and oxygen atoms in total. The van der Waals surface area contributed by atoms with Gasteiger partial charge in [-0.25, -0.2) is 10.5 Å². The lowest BCUT2D eigenvalue weighted by atomic mass is 10.0. The maximum absolute atomic E-state index is 13.2. The molecule has 2 heterocycles. The van der Waals surface area contributed by atoms with Crippen LogP contribution in [0.25, 0.3) is 10.8 Å². The van der Waals surface area contributed by atoms with E-state index in [1.165, 1.54) is 6.21 Å². The van der Waals surface area contributed by atoms with Crippen LogP contribution in [0.3, 0.4) is 0 Å². The second kappa shape index (κ2) is 9.48. The Morgan fingerprint density at radius 2 is 1.71 bits per heavy atom. The summed E-state index contributed by atoms with van der Waals surface area (Å²) in [5, 5.41) is 14.0. The van der Waals surface area contributed by atoms with Gasteiger partial charge in [0.15, 0.2) is 17.5 Å². The molecule has 0 spiro atoms. The minimum Gasteiger partial charge on any atom is -0.454 e. The number of nitrogens with zero attached hydrogens (tertiary/aromatic N) is 2. The lowest BCUT2D eigenvalue weighted by molar-refractivity contribution is -0.123. The van der Waals surface area contributed by atoms with Crippen molar-refractivity contribution in [1.82, 2.24) is 20.9 Å². The molecule has 1 aliphatic heterocycles. The van der Waals surface area contributed by atoms with E-state index in [9.17, 15) is 14.4 Å². The second-order valence-electron chi connectivity index (χ2n) is 7.60. The molecule has 0 saturated heterocycles. The summed E-state index contributed by atoms with van der Waals surface area (Å²) in [5.74, 6) is 0.0849. The van der Waals surface area contributed by atoms with Gasteiger partial charge in [-0.1, -0.05) is 36.4 Å². The summed E-state index contributed by atoms with van der Waals surface area (Å²) in [6.45, 7) is 0.148. The van der Waals surface area contributed by atoms with Crippen molar-refractivity contribution >= 4 is 28.8 Å². The lowest BCUT2D eigenvalue weighted by Gasteiger charge is -2.18. The molecule has 174 valence electrons. The molecule has 5 rings (SSSR count). The molecule has 1 unspecified atom stereocenters. The van der Waals surface area contributed by atoms with E-state index >= 15 is 0 Å². The zero-order valence-corrected chi connectivity index (χ0v) is 18.2. The number of rotatable bonds is 6. The number of aromatic nitrogens is 2. The Morgan fingerprint density at radius 3 is 2.54 bits per heavy atom. The molecule has 0 radical (unpaired) electrons. The van der Waals surface area contributed by atoms with Crippen LogP contribution in [-0.2, 0) is 4.79 Å². The Morgan fingerprint density at radius 1 is 0.971 bits per heavy atom. The third-order valence-electron chi connectivity index (χ3n) is 5.36. The average Bonchev–Trinajstić information content (AvgIpc) is 3.36. The number of nitrogens with one attached hydrogen (secondary N) is 3. The molecule has 1 atom stereocenters. The van der Waals surface area contributed by atoms with E-state index in [0.717, 1.165) is 0 Å². The van der Waals surface area contributed by atoms with Gasteiger partial charge in [0.2, 0.25) is 6.79 Å². The molecule has 3 aromatic carbocycles. The van der Waals surface area contributed by atoms with Gasteiger partial charge < -0.3 is 14.8 Å². The average molecular weight is 469 g/mol. The fourth-order valence-corrected chi connectivity index (χ4v) is 3.65. The molecule has 1 aromatic heterocycles. The Bertz CT molecular complexity index is 1500. The Labute approximate surface area is 198 Å². The van der Waals surface area contributed by atoms with Gasteiger partial charge in [-0.3, -0.25) is 14.4 Å². The summed E-state index contributed by atoms with van der Waals surface area (Å²) in [7, 11) is 0.